The predicted molar refractivity (Wildman–Crippen MR) is 166 cm³/mol. The van der Waals surface area contributed by atoms with Gasteiger partial charge in [0.1, 0.15) is 0 Å². The Bertz CT molecular complexity index is 484. The van der Waals surface area contributed by atoms with Gasteiger partial charge in [0.15, 0.2) is 0 Å². The van der Waals surface area contributed by atoms with Crippen LogP contribution >= 0.6 is 0 Å². The number of carboxylic acids is 1. The van der Waals surface area contributed by atoms with Crippen LogP contribution < -0.4 is 0 Å². The average molecular weight is 521 g/mol. The van der Waals surface area contributed by atoms with Crippen LogP contribution in [0.3, 0.4) is 0 Å². The SMILES string of the molecule is C=C(C)CCC(CCCCCCCCCCCCCCCCCCCCCCCCCCCC)C(=O)O. The van der Waals surface area contributed by atoms with Crippen LogP contribution in [-0.4, -0.2) is 11.1 Å². The van der Waals surface area contributed by atoms with Crippen LogP contribution in [-0.2, 0) is 4.79 Å². The maximum atomic E-state index is 11.4. The van der Waals surface area contributed by atoms with Gasteiger partial charge in [-0.25, -0.2) is 0 Å². The number of hydrogen-bond acceptors (Lipinski definition) is 1. The summed E-state index contributed by atoms with van der Waals surface area (Å²) in [6.45, 7) is 8.18. The largest absolute Gasteiger partial charge is 0.481 e. The second-order valence-corrected chi connectivity index (χ2v) is 12.2. The molecule has 0 radical (unpaired) electrons. The van der Waals surface area contributed by atoms with Crippen LogP contribution in [0, 0.1) is 5.92 Å². The van der Waals surface area contributed by atoms with Gasteiger partial charge in [0, 0.05) is 0 Å². The van der Waals surface area contributed by atoms with E-state index < -0.39 is 5.97 Å². The van der Waals surface area contributed by atoms with Crippen molar-refractivity contribution >= 4 is 5.97 Å². The Morgan fingerprint density at radius 3 is 1.03 bits per heavy atom. The van der Waals surface area contributed by atoms with Gasteiger partial charge in [0.25, 0.3) is 0 Å². The molecule has 1 atom stereocenters. The lowest BCUT2D eigenvalue weighted by Gasteiger charge is -2.12. The molecule has 2 nitrogen and oxygen atoms in total. The summed E-state index contributed by atoms with van der Waals surface area (Å²) >= 11 is 0. The third kappa shape index (κ3) is 29.6. The summed E-state index contributed by atoms with van der Waals surface area (Å²) in [6.07, 6.45) is 39.0. The number of carbonyl (C=O) groups is 1. The van der Waals surface area contributed by atoms with Crippen LogP contribution in [0.25, 0.3) is 0 Å². The van der Waals surface area contributed by atoms with Crippen molar-refractivity contribution in [2.45, 2.75) is 200 Å². The summed E-state index contributed by atoms with van der Waals surface area (Å²) in [5.41, 5.74) is 1.09. The van der Waals surface area contributed by atoms with Crippen LogP contribution in [0.4, 0.5) is 0 Å². The van der Waals surface area contributed by atoms with Crippen LogP contribution in [0.2, 0.25) is 0 Å². The van der Waals surface area contributed by atoms with E-state index in [1.54, 1.807) is 0 Å². The zero-order chi connectivity index (χ0) is 27.2. The van der Waals surface area contributed by atoms with Gasteiger partial charge in [-0.15, -0.1) is 6.58 Å². The van der Waals surface area contributed by atoms with Crippen molar-refractivity contribution < 1.29 is 9.90 Å². The molecule has 0 saturated carbocycles. The first-order chi connectivity index (χ1) is 18.1. The zero-order valence-electron chi connectivity index (χ0n) is 25.6. The molecule has 0 rings (SSSR count). The average Bonchev–Trinajstić information content (AvgIpc) is 2.87. The number of hydrogen-bond donors (Lipinski definition) is 1. The van der Waals surface area contributed by atoms with Crippen LogP contribution in [0.5, 0.6) is 0 Å². The molecule has 0 aromatic heterocycles. The van der Waals surface area contributed by atoms with E-state index in [0.717, 1.165) is 31.3 Å². The smallest absolute Gasteiger partial charge is 0.306 e. The van der Waals surface area contributed by atoms with Crippen molar-refractivity contribution in [1.82, 2.24) is 0 Å². The minimum absolute atomic E-state index is 0.175. The molecule has 0 aromatic rings. The molecule has 0 aliphatic rings. The number of carboxylic acid groups (broad SMARTS) is 1. The highest BCUT2D eigenvalue weighted by Crippen LogP contribution is 2.20. The number of unbranched alkanes of at least 4 members (excludes halogenated alkanes) is 25. The van der Waals surface area contributed by atoms with Crippen LogP contribution in [0.1, 0.15) is 200 Å². The first-order valence-corrected chi connectivity index (χ1v) is 16.9. The van der Waals surface area contributed by atoms with E-state index in [9.17, 15) is 9.90 Å². The van der Waals surface area contributed by atoms with Gasteiger partial charge in [-0.2, -0.15) is 0 Å². The van der Waals surface area contributed by atoms with Crippen molar-refractivity contribution in [2.75, 3.05) is 0 Å². The minimum Gasteiger partial charge on any atom is -0.481 e. The normalized spacial score (nSPS) is 12.2. The van der Waals surface area contributed by atoms with Crippen molar-refractivity contribution in [3.05, 3.63) is 12.2 Å². The van der Waals surface area contributed by atoms with Gasteiger partial charge in [-0.1, -0.05) is 179 Å². The second kappa shape index (κ2) is 29.8. The maximum Gasteiger partial charge on any atom is 0.306 e. The molecule has 37 heavy (non-hydrogen) atoms. The molecule has 1 unspecified atom stereocenters. The van der Waals surface area contributed by atoms with Gasteiger partial charge in [0.2, 0.25) is 0 Å². The fraction of sp³-hybridized carbons (Fsp3) is 0.914. The van der Waals surface area contributed by atoms with Gasteiger partial charge in [-0.05, 0) is 26.2 Å². The first-order valence-electron chi connectivity index (χ1n) is 16.9. The van der Waals surface area contributed by atoms with E-state index in [4.69, 9.17) is 0 Å². The van der Waals surface area contributed by atoms with Gasteiger partial charge >= 0.3 is 5.97 Å². The van der Waals surface area contributed by atoms with E-state index in [2.05, 4.69) is 13.5 Å². The van der Waals surface area contributed by atoms with Crippen molar-refractivity contribution in [3.63, 3.8) is 0 Å². The highest BCUT2D eigenvalue weighted by Gasteiger charge is 2.16. The van der Waals surface area contributed by atoms with E-state index in [0.29, 0.717) is 0 Å². The summed E-state index contributed by atoms with van der Waals surface area (Å²) in [5, 5.41) is 9.35. The Balaban J connectivity index is 3.19. The molecule has 0 fully saturated rings. The molecule has 0 amide bonds. The lowest BCUT2D eigenvalue weighted by atomic mass is 9.94. The van der Waals surface area contributed by atoms with Crippen molar-refractivity contribution in [1.29, 1.82) is 0 Å². The number of rotatable bonds is 31. The summed E-state index contributed by atoms with van der Waals surface area (Å²) in [4.78, 5) is 11.4. The molecule has 0 aromatic carbocycles. The van der Waals surface area contributed by atoms with Crippen LogP contribution in [0.15, 0.2) is 12.2 Å². The summed E-state index contributed by atoms with van der Waals surface area (Å²) in [5.74, 6) is -0.799. The van der Waals surface area contributed by atoms with Crippen molar-refractivity contribution in [3.8, 4) is 0 Å². The van der Waals surface area contributed by atoms with E-state index >= 15 is 0 Å². The molecule has 2 heteroatoms. The Labute approximate surface area is 233 Å². The van der Waals surface area contributed by atoms with E-state index in [1.165, 1.54) is 161 Å². The lowest BCUT2D eigenvalue weighted by Crippen LogP contribution is -2.13. The standard InChI is InChI=1S/C35H68O2/c1-4-5-6-7-8-9-10-11-12-13-14-15-16-17-18-19-20-21-22-23-24-25-26-27-28-29-30-34(35(36)37)32-31-33(2)3/h34H,2,4-32H2,1,3H3,(H,36,37). The van der Waals surface area contributed by atoms with E-state index in [1.807, 2.05) is 6.92 Å². The van der Waals surface area contributed by atoms with Gasteiger partial charge in [-0.3, -0.25) is 4.79 Å². The molecular weight excluding hydrogens is 452 g/mol. The molecule has 0 heterocycles. The monoisotopic (exact) mass is 521 g/mol. The molecule has 0 saturated heterocycles. The fourth-order valence-corrected chi connectivity index (χ4v) is 5.52. The third-order valence-corrected chi connectivity index (χ3v) is 8.17. The fourth-order valence-electron chi connectivity index (χ4n) is 5.52. The number of allylic oxidation sites excluding steroid dienone is 1. The molecule has 0 aliphatic carbocycles. The van der Waals surface area contributed by atoms with Gasteiger partial charge < -0.3 is 5.11 Å². The van der Waals surface area contributed by atoms with Gasteiger partial charge in [0.05, 0.1) is 5.92 Å². The molecular formula is C35H68O2. The quantitative estimate of drug-likeness (QED) is 0.0728. The zero-order valence-corrected chi connectivity index (χ0v) is 25.6. The lowest BCUT2D eigenvalue weighted by molar-refractivity contribution is -0.142. The highest BCUT2D eigenvalue weighted by molar-refractivity contribution is 5.69. The Morgan fingerprint density at radius 1 is 0.514 bits per heavy atom. The highest BCUT2D eigenvalue weighted by atomic mass is 16.4. The Morgan fingerprint density at radius 2 is 0.784 bits per heavy atom. The van der Waals surface area contributed by atoms with Crippen molar-refractivity contribution in [2.24, 2.45) is 5.92 Å². The molecule has 220 valence electrons. The maximum absolute atomic E-state index is 11.4. The predicted octanol–water partition coefficient (Wildman–Crippen LogP) is 12.6. The second-order valence-electron chi connectivity index (χ2n) is 12.2. The van der Waals surface area contributed by atoms with E-state index in [-0.39, 0.29) is 5.92 Å². The Kier molecular flexibility index (Phi) is 29.1. The summed E-state index contributed by atoms with van der Waals surface area (Å²) in [7, 11) is 0. The summed E-state index contributed by atoms with van der Waals surface area (Å²) in [6, 6.07) is 0. The first kappa shape index (κ1) is 36.2. The third-order valence-electron chi connectivity index (χ3n) is 8.17. The number of aliphatic carboxylic acids is 1. The summed E-state index contributed by atoms with van der Waals surface area (Å²) < 4.78 is 0. The molecule has 0 spiro atoms. The molecule has 0 bridgehead atoms. The molecule has 1 N–H and O–H groups in total. The minimum atomic E-state index is -0.624. The topological polar surface area (TPSA) is 37.3 Å². The Hall–Kier alpha value is -0.790. The molecule has 0 aliphatic heterocycles.